The van der Waals surface area contributed by atoms with E-state index in [0.29, 0.717) is 0 Å². The van der Waals surface area contributed by atoms with Gasteiger partial charge in [0.15, 0.2) is 0 Å². The van der Waals surface area contributed by atoms with E-state index in [1.807, 2.05) is 19.2 Å². The molecule has 0 rings (SSSR count). The maximum absolute atomic E-state index is 4.05. The molecule has 62 valence electrons. The van der Waals surface area contributed by atoms with Crippen LogP contribution in [0.1, 0.15) is 27.7 Å². The van der Waals surface area contributed by atoms with Gasteiger partial charge in [-0.1, -0.05) is 33.4 Å². The number of hydrogen-bond acceptors (Lipinski definition) is 1. The Hall–Kier alpha value is -0.850. The van der Waals surface area contributed by atoms with Crippen LogP contribution < -0.4 is 0 Å². The molecule has 0 radical (unpaired) electrons. The smallest absolute Gasteiger partial charge is 0.0300 e. The van der Waals surface area contributed by atoms with E-state index in [-0.39, 0.29) is 5.41 Å². The molecule has 0 aliphatic rings. The summed E-state index contributed by atoms with van der Waals surface area (Å²) in [6.45, 7) is 12.1. The molecule has 1 nitrogen and oxygen atoms in total. The summed E-state index contributed by atoms with van der Waals surface area (Å²) in [5.74, 6) is 0. The van der Waals surface area contributed by atoms with Gasteiger partial charge in [0.1, 0.15) is 0 Å². The molecule has 0 saturated heterocycles. The molecule has 0 aromatic rings. The first kappa shape index (κ1) is 10.2. The normalized spacial score (nSPS) is 14.0. The van der Waals surface area contributed by atoms with E-state index in [4.69, 9.17) is 0 Å². The van der Waals surface area contributed by atoms with Gasteiger partial charge in [0.05, 0.1) is 0 Å². The average molecular weight is 151 g/mol. The van der Waals surface area contributed by atoms with Gasteiger partial charge in [-0.3, -0.25) is 4.99 Å². The van der Waals surface area contributed by atoms with Crippen LogP contribution in [0.4, 0.5) is 0 Å². The summed E-state index contributed by atoms with van der Waals surface area (Å²) < 4.78 is 0. The second-order valence-electron chi connectivity index (χ2n) is 3.45. The summed E-state index contributed by atoms with van der Waals surface area (Å²) >= 11 is 0. The maximum atomic E-state index is 4.05. The van der Waals surface area contributed by atoms with Crippen molar-refractivity contribution in [2.75, 3.05) is 0 Å². The van der Waals surface area contributed by atoms with Crippen LogP contribution in [0.2, 0.25) is 0 Å². The summed E-state index contributed by atoms with van der Waals surface area (Å²) in [7, 11) is 0. The standard InChI is InChI=1S/C10H17N/c1-6-9(8-11-7-2)10(3,4)5/h6-8H,1H2,2-5H3/b9-8+,11-7?. The Morgan fingerprint density at radius 1 is 1.36 bits per heavy atom. The Kier molecular flexibility index (Phi) is 3.80. The predicted molar refractivity (Wildman–Crippen MR) is 51.9 cm³/mol. The van der Waals surface area contributed by atoms with Crippen LogP contribution in [0.25, 0.3) is 0 Å². The zero-order valence-electron chi connectivity index (χ0n) is 7.89. The number of allylic oxidation sites excluding steroid dienone is 2. The van der Waals surface area contributed by atoms with E-state index in [0.717, 1.165) is 5.57 Å². The van der Waals surface area contributed by atoms with Crippen molar-refractivity contribution in [2.24, 2.45) is 10.4 Å². The Bertz CT molecular complexity index is 180. The fourth-order valence-electron chi connectivity index (χ4n) is 0.707. The molecule has 1 heteroatoms. The largest absolute Gasteiger partial charge is 0.269 e. The van der Waals surface area contributed by atoms with Gasteiger partial charge in [0, 0.05) is 12.4 Å². The minimum absolute atomic E-state index is 0.147. The van der Waals surface area contributed by atoms with Crippen molar-refractivity contribution >= 4 is 6.21 Å². The fraction of sp³-hybridized carbons (Fsp3) is 0.500. The summed E-state index contributed by atoms with van der Waals surface area (Å²) in [6, 6.07) is 0. The second kappa shape index (κ2) is 4.12. The lowest BCUT2D eigenvalue weighted by atomic mass is 9.87. The number of hydrogen-bond donors (Lipinski definition) is 0. The third-order valence-corrected chi connectivity index (χ3v) is 1.45. The molecule has 0 bridgehead atoms. The van der Waals surface area contributed by atoms with Crippen LogP contribution in [0.15, 0.2) is 29.4 Å². The lowest BCUT2D eigenvalue weighted by Gasteiger charge is -2.18. The molecule has 0 aliphatic carbocycles. The average Bonchev–Trinajstić information content (AvgIpc) is 1.87. The third-order valence-electron chi connectivity index (χ3n) is 1.45. The zero-order chi connectivity index (χ0) is 8.91. The molecule has 0 N–H and O–H groups in total. The van der Waals surface area contributed by atoms with E-state index in [1.54, 1.807) is 6.21 Å². The van der Waals surface area contributed by atoms with Crippen molar-refractivity contribution in [2.45, 2.75) is 27.7 Å². The quantitative estimate of drug-likeness (QED) is 0.424. The van der Waals surface area contributed by atoms with Crippen LogP contribution in [0.5, 0.6) is 0 Å². The van der Waals surface area contributed by atoms with Gasteiger partial charge in [0.2, 0.25) is 0 Å². The Morgan fingerprint density at radius 3 is 2.18 bits per heavy atom. The van der Waals surface area contributed by atoms with E-state index < -0.39 is 0 Å². The van der Waals surface area contributed by atoms with Crippen molar-refractivity contribution in [3.05, 3.63) is 24.4 Å². The van der Waals surface area contributed by atoms with Crippen molar-refractivity contribution in [1.29, 1.82) is 0 Å². The van der Waals surface area contributed by atoms with Gasteiger partial charge in [-0.2, -0.15) is 0 Å². The fourth-order valence-corrected chi connectivity index (χ4v) is 0.707. The summed E-state index contributed by atoms with van der Waals surface area (Å²) in [4.78, 5) is 4.05. The van der Waals surface area contributed by atoms with E-state index in [2.05, 4.69) is 32.3 Å². The van der Waals surface area contributed by atoms with Gasteiger partial charge in [0.25, 0.3) is 0 Å². The Morgan fingerprint density at radius 2 is 1.91 bits per heavy atom. The highest BCUT2D eigenvalue weighted by Gasteiger charge is 2.12. The topological polar surface area (TPSA) is 12.4 Å². The molecule has 11 heavy (non-hydrogen) atoms. The molecule has 0 aromatic heterocycles. The molecule has 0 fully saturated rings. The third kappa shape index (κ3) is 3.76. The van der Waals surface area contributed by atoms with Gasteiger partial charge < -0.3 is 0 Å². The molecule has 0 aliphatic heterocycles. The van der Waals surface area contributed by atoms with E-state index in [9.17, 15) is 0 Å². The maximum Gasteiger partial charge on any atom is 0.0300 e. The van der Waals surface area contributed by atoms with Crippen molar-refractivity contribution < 1.29 is 0 Å². The predicted octanol–water partition coefficient (Wildman–Crippen LogP) is 3.19. The van der Waals surface area contributed by atoms with E-state index >= 15 is 0 Å². The number of nitrogens with zero attached hydrogens (tertiary/aromatic N) is 1. The number of rotatable bonds is 2. The lowest BCUT2D eigenvalue weighted by molar-refractivity contribution is 0.516. The zero-order valence-corrected chi connectivity index (χ0v) is 7.89. The monoisotopic (exact) mass is 151 g/mol. The highest BCUT2D eigenvalue weighted by molar-refractivity contribution is 5.54. The van der Waals surface area contributed by atoms with Crippen molar-refractivity contribution in [3.8, 4) is 0 Å². The second-order valence-corrected chi connectivity index (χ2v) is 3.45. The molecule has 0 spiro atoms. The van der Waals surface area contributed by atoms with Gasteiger partial charge in [-0.05, 0) is 17.9 Å². The molecule has 0 atom stereocenters. The molecule has 0 unspecified atom stereocenters. The molecule has 0 amide bonds. The minimum atomic E-state index is 0.147. The van der Waals surface area contributed by atoms with E-state index in [1.165, 1.54) is 0 Å². The van der Waals surface area contributed by atoms with Crippen LogP contribution in [0.3, 0.4) is 0 Å². The first-order valence-electron chi connectivity index (χ1n) is 3.83. The Labute approximate surface area is 69.5 Å². The van der Waals surface area contributed by atoms with Gasteiger partial charge >= 0.3 is 0 Å². The minimum Gasteiger partial charge on any atom is -0.269 e. The first-order chi connectivity index (χ1) is 5.02. The lowest BCUT2D eigenvalue weighted by Crippen LogP contribution is -2.06. The summed E-state index contributed by atoms with van der Waals surface area (Å²) in [5, 5.41) is 0. The van der Waals surface area contributed by atoms with Crippen LogP contribution >= 0.6 is 0 Å². The van der Waals surface area contributed by atoms with Gasteiger partial charge in [-0.15, -0.1) is 0 Å². The molecule has 0 aromatic carbocycles. The summed E-state index contributed by atoms with van der Waals surface area (Å²) in [6.07, 6.45) is 5.48. The molecular formula is C10H17N. The number of aliphatic imine (C=N–C) groups is 1. The Balaban J connectivity index is 4.53. The van der Waals surface area contributed by atoms with Crippen LogP contribution in [0, 0.1) is 5.41 Å². The highest BCUT2D eigenvalue weighted by atomic mass is 14.7. The highest BCUT2D eigenvalue weighted by Crippen LogP contribution is 2.25. The van der Waals surface area contributed by atoms with Crippen LogP contribution in [-0.2, 0) is 0 Å². The van der Waals surface area contributed by atoms with Crippen molar-refractivity contribution in [3.63, 3.8) is 0 Å². The summed E-state index contributed by atoms with van der Waals surface area (Å²) in [5.41, 5.74) is 1.31. The first-order valence-corrected chi connectivity index (χ1v) is 3.83. The molecule has 0 heterocycles. The molecular weight excluding hydrogens is 134 g/mol. The SMILES string of the molecule is C=C/C(=C\N=CC)C(C)(C)C. The van der Waals surface area contributed by atoms with Gasteiger partial charge in [-0.25, -0.2) is 0 Å². The van der Waals surface area contributed by atoms with Crippen molar-refractivity contribution in [1.82, 2.24) is 0 Å². The van der Waals surface area contributed by atoms with Crippen LogP contribution in [-0.4, -0.2) is 6.21 Å². The molecule has 0 saturated carbocycles.